The molecule has 1 spiro atoms. The topological polar surface area (TPSA) is 19.6 Å². The third-order valence-electron chi connectivity index (χ3n) is 17.7. The van der Waals surface area contributed by atoms with E-state index in [0.717, 1.165) is 85.6 Å². The molecule has 79 heavy (non-hydrogen) atoms. The second kappa shape index (κ2) is 17.4. The molecule has 3 nitrogen and oxygen atoms in total. The summed E-state index contributed by atoms with van der Waals surface area (Å²) in [6.45, 7) is 4.87. The SMILES string of the molecule is CC1(C)c2cc(-c3cc(N(c4ccccc4)c4ccccc4)cc(N(c4ccc(-c5ccccc5)cc4)c4cccc5c4oc4ccccc45)c3)ccc2-c2c1ccc1c2-c2ccccc2C12C1=CCCC=C1c1ccccc12. The lowest BCUT2D eigenvalue weighted by Gasteiger charge is -2.32. The number of allylic oxidation sites excluding steroid dienone is 4. The number of nitrogens with zero attached hydrogens (tertiary/aromatic N) is 2. The molecule has 0 saturated carbocycles. The van der Waals surface area contributed by atoms with Crippen molar-refractivity contribution in [3.63, 3.8) is 0 Å². The van der Waals surface area contributed by atoms with E-state index in [-0.39, 0.29) is 10.8 Å². The van der Waals surface area contributed by atoms with E-state index in [1.54, 1.807) is 0 Å². The Morgan fingerprint density at radius 1 is 0.354 bits per heavy atom. The van der Waals surface area contributed by atoms with E-state index >= 15 is 0 Å². The second-order valence-electron chi connectivity index (χ2n) is 22.2. The van der Waals surface area contributed by atoms with E-state index in [1.807, 2.05) is 0 Å². The Hall–Kier alpha value is -9.70. The van der Waals surface area contributed by atoms with E-state index in [1.165, 1.54) is 72.3 Å². The fourth-order valence-corrected chi connectivity index (χ4v) is 14.2. The van der Waals surface area contributed by atoms with Crippen molar-refractivity contribution in [2.24, 2.45) is 0 Å². The van der Waals surface area contributed by atoms with Gasteiger partial charge in [0.1, 0.15) is 5.58 Å². The van der Waals surface area contributed by atoms with Crippen LogP contribution in [0.2, 0.25) is 0 Å². The van der Waals surface area contributed by atoms with Crippen molar-refractivity contribution < 1.29 is 4.42 Å². The Labute approximate surface area is 461 Å². The predicted molar refractivity (Wildman–Crippen MR) is 329 cm³/mol. The highest BCUT2D eigenvalue weighted by Crippen LogP contribution is 2.67. The number of hydrogen-bond acceptors (Lipinski definition) is 3. The van der Waals surface area contributed by atoms with Gasteiger partial charge in [-0.1, -0.05) is 208 Å². The number of fused-ring (bicyclic) bond motifs is 17. The van der Waals surface area contributed by atoms with Gasteiger partial charge < -0.3 is 14.2 Å². The van der Waals surface area contributed by atoms with Gasteiger partial charge in [-0.3, -0.25) is 0 Å². The number of hydrogen-bond donors (Lipinski definition) is 0. The van der Waals surface area contributed by atoms with Gasteiger partial charge in [-0.2, -0.15) is 0 Å². The average molecular weight is 1010 g/mol. The first-order valence-electron chi connectivity index (χ1n) is 27.8. The molecule has 0 radical (unpaired) electrons. The molecule has 16 rings (SSSR count). The van der Waals surface area contributed by atoms with Crippen LogP contribution >= 0.6 is 0 Å². The van der Waals surface area contributed by atoms with Crippen LogP contribution in [0.1, 0.15) is 60.1 Å². The minimum Gasteiger partial charge on any atom is -0.454 e. The second-order valence-corrected chi connectivity index (χ2v) is 22.2. The lowest BCUT2D eigenvalue weighted by atomic mass is 9.69. The van der Waals surface area contributed by atoms with Gasteiger partial charge in [-0.15, -0.1) is 0 Å². The fourth-order valence-electron chi connectivity index (χ4n) is 14.2. The summed E-state index contributed by atoms with van der Waals surface area (Å²) in [5.41, 5.74) is 28.4. The van der Waals surface area contributed by atoms with Crippen molar-refractivity contribution in [2.75, 3.05) is 9.80 Å². The molecule has 1 atom stereocenters. The molecule has 4 aliphatic carbocycles. The largest absolute Gasteiger partial charge is 0.454 e. The van der Waals surface area contributed by atoms with Crippen LogP contribution in [0.5, 0.6) is 0 Å². The molecule has 11 aromatic carbocycles. The van der Waals surface area contributed by atoms with Crippen molar-refractivity contribution in [1.82, 2.24) is 0 Å². The summed E-state index contributed by atoms with van der Waals surface area (Å²) in [5, 5.41) is 2.18. The highest BCUT2D eigenvalue weighted by molar-refractivity contribution is 6.11. The van der Waals surface area contributed by atoms with Crippen molar-refractivity contribution in [3.8, 4) is 44.5 Å². The molecule has 0 bridgehead atoms. The molecule has 12 aromatic rings. The summed E-state index contributed by atoms with van der Waals surface area (Å²) in [6.07, 6.45) is 7.18. The average Bonchev–Trinajstić information content (AvgIpc) is 2.92. The minimum atomic E-state index is -0.364. The third kappa shape index (κ3) is 6.66. The van der Waals surface area contributed by atoms with Crippen LogP contribution in [0, 0.1) is 0 Å². The molecule has 0 amide bonds. The first kappa shape index (κ1) is 45.5. The summed E-state index contributed by atoms with van der Waals surface area (Å²) in [6, 6.07) is 94.0. The maximum atomic E-state index is 6.91. The molecule has 0 N–H and O–H groups in total. The van der Waals surface area contributed by atoms with E-state index in [4.69, 9.17) is 4.42 Å². The van der Waals surface area contributed by atoms with Crippen molar-refractivity contribution in [1.29, 1.82) is 0 Å². The van der Waals surface area contributed by atoms with Crippen LogP contribution in [0.4, 0.5) is 34.1 Å². The standard InChI is InChI=1S/C76H54N2O/c1-75(2)67-43-44-68-73(62-30-14-18-34-66(62)76(68)64-32-16-12-27-58(64)59-28-13-17-33-65(59)76)72(67)63-42-39-51(47-69(63)75)52-45-56(77(53-23-8-4-9-24-53)54-25-10-5-11-26-54)48-57(46-52)78(55-40-37-50(38-41-55)49-21-6-3-7-22-49)70-35-20-31-61-60-29-15-19-36-71(60)79-74(61)70/h3-12,14-16,18-48H,13,17H2,1-2H3. The molecule has 0 fully saturated rings. The monoisotopic (exact) mass is 1010 g/mol. The van der Waals surface area contributed by atoms with Gasteiger partial charge in [0.2, 0.25) is 0 Å². The molecule has 1 aromatic heterocycles. The molecule has 1 heterocycles. The Balaban J connectivity index is 0.924. The quantitative estimate of drug-likeness (QED) is 0.151. The molecule has 0 aliphatic heterocycles. The number of anilines is 6. The van der Waals surface area contributed by atoms with Crippen LogP contribution < -0.4 is 9.80 Å². The summed E-state index contributed by atoms with van der Waals surface area (Å²) < 4.78 is 6.91. The Kier molecular flexibility index (Phi) is 10.0. The van der Waals surface area contributed by atoms with Crippen LogP contribution in [0.15, 0.2) is 277 Å². The van der Waals surface area contributed by atoms with Gasteiger partial charge >= 0.3 is 0 Å². The molecular formula is C76H54N2O. The number of furan rings is 1. The minimum absolute atomic E-state index is 0.285. The van der Waals surface area contributed by atoms with Crippen LogP contribution in [-0.2, 0) is 10.8 Å². The number of para-hydroxylation sites is 4. The van der Waals surface area contributed by atoms with Crippen molar-refractivity contribution in [2.45, 2.75) is 37.5 Å². The summed E-state index contributed by atoms with van der Waals surface area (Å²) in [7, 11) is 0. The summed E-state index contributed by atoms with van der Waals surface area (Å²) in [5.74, 6) is 0. The summed E-state index contributed by atoms with van der Waals surface area (Å²) >= 11 is 0. The van der Waals surface area contributed by atoms with Crippen molar-refractivity contribution in [3.05, 3.63) is 306 Å². The smallest absolute Gasteiger partial charge is 0.159 e. The first-order valence-corrected chi connectivity index (χ1v) is 27.8. The predicted octanol–water partition coefficient (Wildman–Crippen LogP) is 20.6. The number of rotatable bonds is 8. The van der Waals surface area contributed by atoms with Crippen LogP contribution in [0.3, 0.4) is 0 Å². The normalized spacial score (nSPS) is 15.9. The highest BCUT2D eigenvalue weighted by Gasteiger charge is 2.55. The lowest BCUT2D eigenvalue weighted by Crippen LogP contribution is -2.26. The molecule has 374 valence electrons. The Morgan fingerprint density at radius 2 is 0.911 bits per heavy atom. The molecule has 1 unspecified atom stereocenters. The Bertz CT molecular complexity index is 4470. The van der Waals surface area contributed by atoms with Gasteiger partial charge in [0, 0.05) is 44.6 Å². The zero-order valence-corrected chi connectivity index (χ0v) is 44.1. The third-order valence-corrected chi connectivity index (χ3v) is 17.7. The van der Waals surface area contributed by atoms with E-state index in [0.29, 0.717) is 0 Å². The maximum absolute atomic E-state index is 6.91. The molecule has 4 aliphatic rings. The van der Waals surface area contributed by atoms with Crippen LogP contribution in [0.25, 0.3) is 72.0 Å². The maximum Gasteiger partial charge on any atom is 0.159 e. The van der Waals surface area contributed by atoms with E-state index in [2.05, 4.69) is 291 Å². The lowest BCUT2D eigenvalue weighted by molar-refractivity contribution is 0.660. The fraction of sp³-hybridized carbons (Fsp3) is 0.0789. The first-order chi connectivity index (χ1) is 38.9. The van der Waals surface area contributed by atoms with Crippen molar-refractivity contribution >= 4 is 61.6 Å². The summed E-state index contributed by atoms with van der Waals surface area (Å²) in [4.78, 5) is 4.78. The zero-order valence-electron chi connectivity index (χ0n) is 44.1. The van der Waals surface area contributed by atoms with Crippen LogP contribution in [-0.4, -0.2) is 0 Å². The van der Waals surface area contributed by atoms with Gasteiger partial charge in [0.15, 0.2) is 5.58 Å². The van der Waals surface area contributed by atoms with E-state index in [9.17, 15) is 0 Å². The zero-order chi connectivity index (χ0) is 52.4. The number of benzene rings is 11. The van der Waals surface area contributed by atoms with E-state index < -0.39 is 0 Å². The van der Waals surface area contributed by atoms with Gasteiger partial charge in [-0.05, 0) is 175 Å². The van der Waals surface area contributed by atoms with Gasteiger partial charge in [0.05, 0.1) is 11.1 Å². The molecule has 3 heteroatoms. The van der Waals surface area contributed by atoms with Gasteiger partial charge in [-0.25, -0.2) is 0 Å². The van der Waals surface area contributed by atoms with Gasteiger partial charge in [0.25, 0.3) is 0 Å². The Morgan fingerprint density at radius 3 is 1.67 bits per heavy atom. The highest BCUT2D eigenvalue weighted by atomic mass is 16.3. The molecular weight excluding hydrogens is 957 g/mol. The molecule has 0 saturated heterocycles.